The van der Waals surface area contributed by atoms with Gasteiger partial charge >= 0.3 is 17.9 Å². The molecular weight excluding hydrogens is 750 g/mol. The van der Waals surface area contributed by atoms with Gasteiger partial charge in [0.1, 0.15) is 30.0 Å². The van der Waals surface area contributed by atoms with E-state index < -0.39 is 95.3 Å². The Labute approximate surface area is 336 Å². The largest absolute Gasteiger partial charge is 0.461 e. The summed E-state index contributed by atoms with van der Waals surface area (Å²) in [4.78, 5) is 61.4. The molecule has 2 fully saturated rings. The van der Waals surface area contributed by atoms with E-state index in [1.807, 2.05) is 30.3 Å². The molecule has 1 saturated heterocycles. The number of ether oxygens (including phenoxy) is 4. The molecule has 5 N–H and O–H groups in total. The normalized spacial score (nSPS) is 30.8. The van der Waals surface area contributed by atoms with Crippen LogP contribution in [0, 0.1) is 11.3 Å². The molecule has 14 heteroatoms. The van der Waals surface area contributed by atoms with Crippen molar-refractivity contribution in [2.24, 2.45) is 11.3 Å². The van der Waals surface area contributed by atoms with Gasteiger partial charge in [-0.2, -0.15) is 5.48 Å². The number of Topliss-reactive ketones (excluding diaryl/α,β-unsaturated/α-hetero) is 1. The summed E-state index contributed by atoms with van der Waals surface area (Å²) in [6.45, 7) is 6.50. The van der Waals surface area contributed by atoms with Gasteiger partial charge in [-0.25, -0.2) is 9.59 Å². The zero-order chi connectivity index (χ0) is 42.0. The maximum Gasteiger partial charge on any atom is 0.338 e. The van der Waals surface area contributed by atoms with Crippen LogP contribution in [0.1, 0.15) is 75.0 Å². The van der Waals surface area contributed by atoms with E-state index in [0.717, 1.165) is 12.5 Å². The van der Waals surface area contributed by atoms with Crippen LogP contribution < -0.4 is 5.48 Å². The van der Waals surface area contributed by atoms with Gasteiger partial charge < -0.3 is 39.4 Å². The van der Waals surface area contributed by atoms with Gasteiger partial charge in [0.15, 0.2) is 11.9 Å². The molecule has 0 aromatic heterocycles. The lowest BCUT2D eigenvalue weighted by Gasteiger charge is -2.62. The molecule has 0 spiro atoms. The van der Waals surface area contributed by atoms with Crippen molar-refractivity contribution in [3.63, 3.8) is 0 Å². The molecule has 6 rings (SSSR count). The molecule has 1 aliphatic heterocycles. The summed E-state index contributed by atoms with van der Waals surface area (Å²) >= 11 is 0. The first-order valence-electron chi connectivity index (χ1n) is 19.2. The fourth-order valence-corrected chi connectivity index (χ4v) is 8.78. The Bertz CT molecular complexity index is 1980. The topological polar surface area (TPSA) is 207 Å². The molecule has 0 radical (unpaired) electrons. The molecule has 310 valence electrons. The lowest BCUT2D eigenvalue weighted by molar-refractivity contribution is -0.327. The van der Waals surface area contributed by atoms with Crippen LogP contribution in [-0.2, 0) is 44.8 Å². The number of hydrogen-bond acceptors (Lipinski definition) is 14. The number of nitrogens with one attached hydrogen (secondary N) is 1. The van der Waals surface area contributed by atoms with E-state index in [-0.39, 0.29) is 36.3 Å². The van der Waals surface area contributed by atoms with Gasteiger partial charge in [-0.05, 0) is 62.1 Å². The SMILES string of the molecule is CC(=O)O[C@H]1C[C@H]2OC[C@@]2(O)[C@H]2[C@H](OC(=O)c3ccccc3)C[C@H](OC(=O)[C@H](O)[C@@H](NOCc3ccccc3)c3ccccc3)/C(C)=C(\C(C)(C)O)[C@@H](O)C(=O)[C@]12C. The second-order valence-corrected chi connectivity index (χ2v) is 16.0. The minimum Gasteiger partial charge on any atom is -0.461 e. The molecule has 0 amide bonds. The van der Waals surface area contributed by atoms with Gasteiger partial charge in [0.25, 0.3) is 0 Å². The fraction of sp³-hybridized carbons (Fsp3) is 0.455. The predicted octanol–water partition coefficient (Wildman–Crippen LogP) is 3.46. The number of carbonyl (C=O) groups is 4. The van der Waals surface area contributed by atoms with Gasteiger partial charge in [-0.15, -0.1) is 0 Å². The Morgan fingerprint density at radius 2 is 1.53 bits per heavy atom. The number of rotatable bonds is 12. The van der Waals surface area contributed by atoms with Crippen molar-refractivity contribution >= 4 is 23.7 Å². The first-order chi connectivity index (χ1) is 27.5. The minimum atomic E-state index is -2.09. The van der Waals surface area contributed by atoms with Crippen LogP contribution in [0.25, 0.3) is 0 Å². The van der Waals surface area contributed by atoms with Gasteiger partial charge in [0.2, 0.25) is 0 Å². The smallest absolute Gasteiger partial charge is 0.338 e. The van der Waals surface area contributed by atoms with Crippen molar-refractivity contribution in [3.8, 4) is 0 Å². The fourth-order valence-electron chi connectivity index (χ4n) is 8.78. The molecule has 58 heavy (non-hydrogen) atoms. The lowest BCUT2D eigenvalue weighted by Crippen LogP contribution is -2.76. The second kappa shape index (κ2) is 17.2. The molecule has 3 aliphatic rings. The number of ketones is 1. The van der Waals surface area contributed by atoms with Crippen LogP contribution in [0.5, 0.6) is 0 Å². The molecule has 14 nitrogen and oxygen atoms in total. The van der Waals surface area contributed by atoms with E-state index in [1.54, 1.807) is 48.5 Å². The standard InChI is InChI=1S/C44H51NO13/c1-25-30(57-41(51)37(48)35(28-17-11-7-12-18-28)45-55-23-27-15-9-6-10-16-27)21-31(58-40(50)29-19-13-8-14-20-29)38-43(5,39(49)36(47)34(25)42(3,4)52)32(56-26(2)46)22-33-44(38,53)24-54-33/h6-20,30-33,35-38,45,47-48,52-53H,21-24H2,1-5H3/b34-25-/t30-,31+,32-,33+,35-,36+,37+,38-,43+,44-/m0/s1. The van der Waals surface area contributed by atoms with Gasteiger partial charge in [0, 0.05) is 25.7 Å². The van der Waals surface area contributed by atoms with Crippen molar-refractivity contribution in [3.05, 3.63) is 119 Å². The van der Waals surface area contributed by atoms with Crippen LogP contribution in [0.2, 0.25) is 0 Å². The number of esters is 3. The van der Waals surface area contributed by atoms with E-state index in [4.69, 9.17) is 23.8 Å². The summed E-state index contributed by atoms with van der Waals surface area (Å²) in [6, 6.07) is 24.6. The van der Waals surface area contributed by atoms with Crippen molar-refractivity contribution in [1.82, 2.24) is 5.48 Å². The Balaban J connectivity index is 1.44. The second-order valence-electron chi connectivity index (χ2n) is 16.0. The summed E-state index contributed by atoms with van der Waals surface area (Å²) in [5.41, 5.74) is -1.73. The number of benzene rings is 3. The van der Waals surface area contributed by atoms with Crippen LogP contribution in [0.15, 0.2) is 102 Å². The number of carbonyl (C=O) groups excluding carboxylic acids is 4. The van der Waals surface area contributed by atoms with Gasteiger partial charge in [-0.3, -0.25) is 14.4 Å². The van der Waals surface area contributed by atoms with Gasteiger partial charge in [0.05, 0.1) is 41.9 Å². The third kappa shape index (κ3) is 8.50. The highest BCUT2D eigenvalue weighted by Gasteiger charge is 2.72. The number of fused-ring (bicyclic) bond motifs is 3. The Morgan fingerprint density at radius 3 is 2.10 bits per heavy atom. The summed E-state index contributed by atoms with van der Waals surface area (Å²) in [6.07, 6.45) is -9.80. The quantitative estimate of drug-likeness (QED) is 0.0770. The van der Waals surface area contributed by atoms with Crippen LogP contribution in [0.4, 0.5) is 0 Å². The third-order valence-electron chi connectivity index (χ3n) is 11.6. The zero-order valence-corrected chi connectivity index (χ0v) is 33.1. The van der Waals surface area contributed by atoms with E-state index in [0.29, 0.717) is 5.56 Å². The predicted molar refractivity (Wildman–Crippen MR) is 206 cm³/mol. The highest BCUT2D eigenvalue weighted by Crippen LogP contribution is 2.57. The average Bonchev–Trinajstić information content (AvgIpc) is 3.21. The molecule has 3 aromatic carbocycles. The highest BCUT2D eigenvalue weighted by atomic mass is 16.6. The summed E-state index contributed by atoms with van der Waals surface area (Å²) in [5.74, 6) is -5.11. The first kappa shape index (κ1) is 42.8. The van der Waals surface area contributed by atoms with Crippen LogP contribution in [-0.4, -0.2) is 98.6 Å². The van der Waals surface area contributed by atoms with Gasteiger partial charge in [-0.1, -0.05) is 78.9 Å². The van der Waals surface area contributed by atoms with Crippen molar-refractivity contribution in [1.29, 1.82) is 0 Å². The molecule has 1 heterocycles. The molecule has 0 unspecified atom stereocenters. The number of aliphatic hydroxyl groups is 4. The average molecular weight is 802 g/mol. The van der Waals surface area contributed by atoms with E-state index in [1.165, 1.54) is 39.8 Å². The molecule has 2 aliphatic carbocycles. The van der Waals surface area contributed by atoms with E-state index in [2.05, 4.69) is 5.48 Å². The summed E-state index contributed by atoms with van der Waals surface area (Å²) in [5, 5.41) is 47.8. The molecule has 1 saturated carbocycles. The minimum absolute atomic E-state index is 0.0268. The molecule has 0 bridgehead atoms. The van der Waals surface area contributed by atoms with E-state index in [9.17, 15) is 39.6 Å². The number of aliphatic hydroxyl groups excluding tert-OH is 2. The van der Waals surface area contributed by atoms with Crippen LogP contribution >= 0.6 is 0 Å². The van der Waals surface area contributed by atoms with E-state index >= 15 is 0 Å². The third-order valence-corrected chi connectivity index (χ3v) is 11.6. The monoisotopic (exact) mass is 801 g/mol. The molecule has 3 aromatic rings. The highest BCUT2D eigenvalue weighted by molar-refractivity contribution is 5.94. The number of hydroxylamine groups is 1. The van der Waals surface area contributed by atoms with Crippen molar-refractivity contribution < 1.29 is 63.4 Å². The Hall–Kier alpha value is -4.80. The van der Waals surface area contributed by atoms with Crippen molar-refractivity contribution in [2.75, 3.05) is 6.61 Å². The maximum atomic E-state index is 15.0. The first-order valence-corrected chi connectivity index (χ1v) is 19.2. The molecular formula is C44H51NO13. The Kier molecular flexibility index (Phi) is 12.7. The zero-order valence-electron chi connectivity index (χ0n) is 33.1. The lowest BCUT2D eigenvalue weighted by atomic mass is 9.52. The maximum absolute atomic E-state index is 15.0. The summed E-state index contributed by atoms with van der Waals surface area (Å²) in [7, 11) is 0. The summed E-state index contributed by atoms with van der Waals surface area (Å²) < 4.78 is 23.8. The molecule has 10 atom stereocenters. The number of hydrogen-bond donors (Lipinski definition) is 5. The Morgan fingerprint density at radius 1 is 0.931 bits per heavy atom. The van der Waals surface area contributed by atoms with Crippen molar-refractivity contribution in [2.45, 2.75) is 108 Å². The van der Waals surface area contributed by atoms with Crippen LogP contribution in [0.3, 0.4) is 0 Å².